The Kier molecular flexibility index (Phi) is 36.2. The number of aromatic nitrogens is 4. The maximum absolute atomic E-state index is 14.6. The number of likely N-dealkylation sites (tertiary alicyclic amines) is 1. The fraction of sp³-hybridized carbons (Fsp3) is 0.481. The highest BCUT2D eigenvalue weighted by atomic mass is 32.1. The zero-order valence-corrected chi connectivity index (χ0v) is 67.3. The number of hydrogen-bond donors (Lipinski definition) is 24. The van der Waals surface area contributed by atoms with Crippen molar-refractivity contribution >= 4 is 136 Å². The van der Waals surface area contributed by atoms with Crippen molar-refractivity contribution in [3.8, 4) is 5.75 Å². The van der Waals surface area contributed by atoms with Gasteiger partial charge in [0.2, 0.25) is 82.7 Å². The number of amides is 14. The number of H-pyrrole nitrogens is 3. The van der Waals surface area contributed by atoms with Gasteiger partial charge in [0.05, 0.1) is 32.1 Å². The number of para-hydroxylation sites is 2. The normalized spacial score (nSPS) is 15.7. The maximum Gasteiger partial charge on any atom is 0.328 e. The fourth-order valence-electron chi connectivity index (χ4n) is 13.1. The maximum atomic E-state index is 14.6. The Morgan fingerprint density at radius 2 is 1.02 bits per heavy atom. The molecule has 0 aliphatic carbocycles. The van der Waals surface area contributed by atoms with Gasteiger partial charge in [-0.15, -0.1) is 0 Å². The van der Waals surface area contributed by atoms with Crippen LogP contribution in [0.1, 0.15) is 95.0 Å². The number of aliphatic hydroxyl groups excluding tert-OH is 2. The minimum atomic E-state index is -1.80. The van der Waals surface area contributed by atoms with Gasteiger partial charge in [0.1, 0.15) is 78.3 Å². The number of fused-ring (bicyclic) bond motifs is 2. The lowest BCUT2D eigenvalue weighted by atomic mass is 10.00. The molecule has 0 saturated carbocycles. The smallest absolute Gasteiger partial charge is 0.328 e. The molecule has 0 unspecified atom stereocenters. The van der Waals surface area contributed by atoms with Crippen LogP contribution in [0, 0.1) is 11.8 Å². The van der Waals surface area contributed by atoms with Crippen LogP contribution in [0.3, 0.4) is 0 Å². The number of phenolic OH excluding ortho intramolecular Hbond substituents is 1. The Labute approximate surface area is 689 Å². The molecule has 39 nitrogen and oxygen atoms in total. The van der Waals surface area contributed by atoms with E-state index in [2.05, 4.69) is 109 Å². The second-order valence-electron chi connectivity index (χ2n) is 29.2. The zero-order chi connectivity index (χ0) is 86.4. The van der Waals surface area contributed by atoms with E-state index in [1.807, 2.05) is 0 Å². The Hall–Kier alpha value is -11.7. The van der Waals surface area contributed by atoms with Crippen LogP contribution in [-0.2, 0) is 97.6 Å². The minimum absolute atomic E-state index is 0.00315. The van der Waals surface area contributed by atoms with Gasteiger partial charge >= 0.3 is 5.97 Å². The summed E-state index contributed by atoms with van der Waals surface area (Å²) in [6.45, 7) is 3.73. The average Bonchev–Trinajstić information content (AvgIpc) is 1.69. The molecule has 3 aromatic heterocycles. The van der Waals surface area contributed by atoms with Crippen molar-refractivity contribution in [1.29, 1.82) is 0 Å². The molecule has 1 aliphatic heterocycles. The summed E-state index contributed by atoms with van der Waals surface area (Å²) in [5, 5.41) is 71.5. The number of nitrogens with zero attached hydrogens (tertiary/aromatic N) is 2. The van der Waals surface area contributed by atoms with Gasteiger partial charge in [0, 0.05) is 96.2 Å². The molecule has 0 bridgehead atoms. The lowest BCUT2D eigenvalue weighted by molar-refractivity contribution is -0.144. The number of unbranched alkanes of at least 4 members (excludes halogenated alkanes) is 1. The van der Waals surface area contributed by atoms with Gasteiger partial charge < -0.3 is 121 Å². The number of carboxylic acids is 1. The van der Waals surface area contributed by atoms with Crippen molar-refractivity contribution in [2.24, 2.45) is 29.0 Å². The molecule has 7 rings (SSSR count). The fourth-order valence-corrected chi connectivity index (χ4v) is 13.6. The Morgan fingerprint density at radius 1 is 0.534 bits per heavy atom. The quantitative estimate of drug-likeness (QED) is 0.0127. The van der Waals surface area contributed by atoms with E-state index in [0.717, 1.165) is 4.90 Å². The lowest BCUT2D eigenvalue weighted by Gasteiger charge is -2.30. The number of thiol groups is 2. The highest BCUT2D eigenvalue weighted by Crippen LogP contribution is 2.24. The Morgan fingerprint density at radius 3 is 1.56 bits per heavy atom. The summed E-state index contributed by atoms with van der Waals surface area (Å²) >= 11 is 8.64. The molecule has 640 valence electrons. The highest BCUT2D eigenvalue weighted by Gasteiger charge is 2.42. The van der Waals surface area contributed by atoms with Gasteiger partial charge in [-0.05, 0) is 91.4 Å². The molecule has 14 amide bonds. The third-order valence-electron chi connectivity index (χ3n) is 19.7. The predicted octanol–water partition coefficient (Wildman–Crippen LogP) is -4.25. The zero-order valence-electron chi connectivity index (χ0n) is 65.6. The number of imidazole rings is 1. The molecule has 0 spiro atoms. The molecule has 4 heterocycles. The molecule has 1 aliphatic rings. The van der Waals surface area contributed by atoms with Crippen LogP contribution in [0.25, 0.3) is 21.8 Å². The van der Waals surface area contributed by atoms with E-state index < -0.39 is 217 Å². The van der Waals surface area contributed by atoms with Crippen LogP contribution in [0.4, 0.5) is 0 Å². The van der Waals surface area contributed by atoms with E-state index in [4.69, 9.17) is 17.2 Å². The Balaban J connectivity index is 1.01. The van der Waals surface area contributed by atoms with Gasteiger partial charge in [0.15, 0.2) is 0 Å². The number of rotatable bonds is 47. The summed E-state index contributed by atoms with van der Waals surface area (Å²) in [5.41, 5.74) is 20.7. The summed E-state index contributed by atoms with van der Waals surface area (Å²) in [6.07, 6.45) is 6.07. The van der Waals surface area contributed by atoms with Crippen molar-refractivity contribution in [1.82, 2.24) is 88.6 Å². The van der Waals surface area contributed by atoms with Crippen molar-refractivity contribution in [3.05, 3.63) is 120 Å². The van der Waals surface area contributed by atoms with Crippen LogP contribution < -0.4 is 81.0 Å². The van der Waals surface area contributed by atoms with Crippen molar-refractivity contribution in [2.45, 2.75) is 177 Å². The number of aromatic amines is 3. The summed E-state index contributed by atoms with van der Waals surface area (Å²) in [6, 6.07) is 0.982. The number of carbonyl (C=O) groups excluding carboxylic acids is 14. The summed E-state index contributed by atoms with van der Waals surface area (Å²) in [7, 11) is 0. The largest absolute Gasteiger partial charge is 0.508 e. The van der Waals surface area contributed by atoms with E-state index in [9.17, 15) is 92.3 Å². The molecule has 25 N–H and O–H groups in total. The second kappa shape index (κ2) is 45.7. The first kappa shape index (κ1) is 93.5. The number of phenols is 1. The topological polar surface area (TPSA) is 623 Å². The van der Waals surface area contributed by atoms with Crippen molar-refractivity contribution in [3.63, 3.8) is 0 Å². The molecular weight excluding hydrogens is 1570 g/mol. The molecule has 118 heavy (non-hydrogen) atoms. The molecule has 6 aromatic rings. The number of nitrogens with one attached hydrogen (secondary N) is 15. The molecule has 1 saturated heterocycles. The van der Waals surface area contributed by atoms with Crippen molar-refractivity contribution < 1.29 is 92.3 Å². The van der Waals surface area contributed by atoms with Gasteiger partial charge in [0.25, 0.3) is 0 Å². The number of primary amides is 1. The van der Waals surface area contributed by atoms with Gasteiger partial charge in [-0.3, -0.25) is 67.1 Å². The number of aliphatic carboxylic acids is 1. The first-order valence-electron chi connectivity index (χ1n) is 38.4. The van der Waals surface area contributed by atoms with E-state index in [1.165, 1.54) is 24.7 Å². The molecule has 3 aromatic carbocycles. The summed E-state index contributed by atoms with van der Waals surface area (Å²) < 4.78 is 0. The van der Waals surface area contributed by atoms with E-state index in [0.29, 0.717) is 63.6 Å². The van der Waals surface area contributed by atoms with Gasteiger partial charge in [-0.1, -0.05) is 82.6 Å². The van der Waals surface area contributed by atoms with Crippen LogP contribution in [0.2, 0.25) is 0 Å². The number of nitrogens with two attached hydrogens (primary N) is 3. The molecular formula is C77H106N20O19S2. The monoisotopic (exact) mass is 1680 g/mol. The summed E-state index contributed by atoms with van der Waals surface area (Å²) in [5.74, 6) is -16.7. The van der Waals surface area contributed by atoms with Crippen LogP contribution >= 0.6 is 25.3 Å². The van der Waals surface area contributed by atoms with Gasteiger partial charge in [-0.25, -0.2) is 9.78 Å². The summed E-state index contributed by atoms with van der Waals surface area (Å²) in [4.78, 5) is 222. The number of carbonyl (C=O) groups is 15. The number of benzene rings is 3. The van der Waals surface area contributed by atoms with Crippen molar-refractivity contribution in [2.75, 3.05) is 44.4 Å². The van der Waals surface area contributed by atoms with Crippen LogP contribution in [-0.4, -0.2) is 257 Å². The lowest BCUT2D eigenvalue weighted by Crippen LogP contribution is -2.62. The average molecular weight is 1680 g/mol. The predicted molar refractivity (Wildman–Crippen MR) is 436 cm³/mol. The number of carboxylic acid groups (broad SMARTS) is 1. The number of aromatic hydroxyl groups is 1. The van der Waals surface area contributed by atoms with E-state index >= 15 is 0 Å². The number of aliphatic hydroxyl groups is 2. The second-order valence-corrected chi connectivity index (χ2v) is 30.0. The highest BCUT2D eigenvalue weighted by molar-refractivity contribution is 7.80. The molecule has 41 heteroatoms. The van der Waals surface area contributed by atoms with Crippen LogP contribution in [0.5, 0.6) is 5.75 Å². The van der Waals surface area contributed by atoms with Crippen LogP contribution in [0.15, 0.2) is 97.7 Å². The molecule has 13 atom stereocenters. The molecule has 0 radical (unpaired) electrons. The minimum Gasteiger partial charge on any atom is -0.508 e. The SMILES string of the molecule is CC(C)[C@H](NC(=O)CNC(=O)[C@H](Cc1c[nH]c2ccccc12)NC(=O)[C@@H](NC(=O)[C@H](CO)NC(=O)[C@H](CS)NC(=O)[C@H](Cc1c[nH]c2ccccc12)NC(=O)[C@H](Cc1ccc(O)cc1)NC(=O)[C@@H](N)CCCCN)C(C)C)C(=O)N[C@@H](CCC(N)=O)C(=O)N[C@@H](CS)C(=O)N1CCC[C@H]1C(=O)N[C@@H](Cc1cnc[nH]1)C(=O)N[C@@H](CO)C(=O)O. The third kappa shape index (κ3) is 27.2. The third-order valence-corrected chi connectivity index (χ3v) is 20.4. The van der Waals surface area contributed by atoms with Gasteiger partial charge in [-0.2, -0.15) is 25.3 Å². The standard InChI is InChI=1S/C77H106N20O19S2/c1-39(2)63(74(112)86-51(22-23-61(80)101)67(105)94-59(37-118)76(114)97-25-11-17-60(97)73(111)89-55(29-44-32-81-38-85-44)70(108)92-57(35-99)77(115)116)95-62(102)33-84-66(104)53(27-42-30-82-49-15-7-5-12-46(42)49)90-75(113)64(40(3)4)96-71(109)56(34-98)91-72(110)58(36-117)93-69(107)54(28-43-31-83-50-16-8-6-13-47(43)50)88-68(106)52(26-41-18-20-45(100)21-19-41)87-65(103)48(79)14-9-10-24-78/h5-8,12-13,15-16,18-21,30-32,38-40,48,51-60,63-64,82-83,98-100,117-118H,9-11,14,17,22-29,33-37,78-79H2,1-4H3,(H2,80,101)(H,81,85)(H,84,104)(H,86,112)(H,87,103)(H,88,106)(H,89,111)(H,90,113)(H,91,110)(H,92,108)(H,93,107)(H,94,105)(H,95,102)(H,96,109)(H,115,116)/t48-,51-,52-,53-,54-,55-,56-,57-,58-,59-,60-,63-,64-/m0/s1. The first-order valence-corrected chi connectivity index (χ1v) is 39.7. The Bertz CT molecular complexity index is 4490. The van der Waals surface area contributed by atoms with E-state index in [-0.39, 0.29) is 63.0 Å². The van der Waals surface area contributed by atoms with E-state index in [1.54, 1.807) is 101 Å². The first-order chi connectivity index (χ1) is 56.3. The number of hydrogen-bond acceptors (Lipinski definition) is 23. The molecule has 1 fully saturated rings.